The summed E-state index contributed by atoms with van der Waals surface area (Å²) in [4.78, 5) is 40.3. The Balaban J connectivity index is 2.36. The largest absolute Gasteiger partial charge is 0.383 e. The zero-order chi connectivity index (χ0) is 32.2. The topological polar surface area (TPSA) is 112 Å². The second-order valence-corrected chi connectivity index (χ2v) is 12.0. The van der Waals surface area contributed by atoms with Crippen LogP contribution in [0.3, 0.4) is 0 Å². The van der Waals surface area contributed by atoms with E-state index in [1.807, 2.05) is 37.4 Å². The minimum atomic E-state index is -0.779. The van der Waals surface area contributed by atoms with Crippen molar-refractivity contribution in [2.75, 3.05) is 54.0 Å². The van der Waals surface area contributed by atoms with Gasteiger partial charge in [-0.05, 0) is 70.9 Å². The van der Waals surface area contributed by atoms with Crippen LogP contribution in [-0.2, 0) is 16.0 Å². The molecule has 0 bridgehead atoms. The molecule has 0 aliphatic carbocycles. The van der Waals surface area contributed by atoms with Gasteiger partial charge in [-0.3, -0.25) is 14.6 Å². The molecule has 0 spiro atoms. The first-order valence-corrected chi connectivity index (χ1v) is 16.3. The number of ether oxygens (including phenoxy) is 1. The summed E-state index contributed by atoms with van der Waals surface area (Å²) in [5.41, 5.74) is 1.14. The van der Waals surface area contributed by atoms with E-state index in [2.05, 4.69) is 63.4 Å². The minimum absolute atomic E-state index is 0.0261. The van der Waals surface area contributed by atoms with Crippen molar-refractivity contribution in [3.05, 3.63) is 60.2 Å². The Bertz CT molecular complexity index is 1050. The van der Waals surface area contributed by atoms with Crippen molar-refractivity contribution < 1.29 is 14.3 Å². The Morgan fingerprint density at radius 1 is 1.00 bits per heavy atom. The first-order valence-electron chi connectivity index (χ1n) is 16.3. The van der Waals surface area contributed by atoms with Crippen molar-refractivity contribution in [3.8, 4) is 0 Å². The maximum atomic E-state index is 14.2. The molecule has 2 atom stereocenters. The standard InChI is InChI=1S/C33H56BN7O3/c1-7-20-40(5)34(41(22-23-44-6)21-14-9-8-13-17-35-4)31(24-27(2)3)39-32(42)29(25-28-15-11-10-12-16-28)38-33(43)30-26-36-18-19-37-30/h10-12,15-16,18-19,26-27,29,31,35H,7-9,13-14,17,20-25H2,1-6H3,(H,38,43)(H,39,42)/t29-,31-/m0/s1. The molecule has 0 fully saturated rings. The highest BCUT2D eigenvalue weighted by atomic mass is 16.5. The lowest BCUT2D eigenvalue weighted by Crippen LogP contribution is -2.66. The Kier molecular flexibility index (Phi) is 18.5. The number of amides is 2. The monoisotopic (exact) mass is 609 g/mol. The minimum Gasteiger partial charge on any atom is -0.383 e. The quantitative estimate of drug-likeness (QED) is 0.130. The Morgan fingerprint density at radius 3 is 2.39 bits per heavy atom. The average molecular weight is 610 g/mol. The molecule has 2 rings (SSSR count). The zero-order valence-corrected chi connectivity index (χ0v) is 27.9. The molecule has 2 amide bonds. The summed E-state index contributed by atoms with van der Waals surface area (Å²) in [6, 6.07) is 9.00. The molecule has 244 valence electrons. The fourth-order valence-corrected chi connectivity index (χ4v) is 5.63. The molecule has 2 aromatic rings. The molecule has 0 aliphatic rings. The molecular formula is C33H56BN7O3. The highest BCUT2D eigenvalue weighted by Gasteiger charge is 2.38. The van der Waals surface area contributed by atoms with Crippen LogP contribution in [0, 0.1) is 5.92 Å². The smallest absolute Gasteiger partial charge is 0.334 e. The van der Waals surface area contributed by atoms with Gasteiger partial charge in [-0.15, -0.1) is 0 Å². The van der Waals surface area contributed by atoms with Gasteiger partial charge in [0.15, 0.2) is 0 Å². The van der Waals surface area contributed by atoms with Crippen LogP contribution in [0.25, 0.3) is 0 Å². The van der Waals surface area contributed by atoms with Gasteiger partial charge < -0.3 is 30.3 Å². The SMILES string of the molecule is CCCN(C)B([C@H](CC(C)C)NC(=O)[C@H](Cc1ccccc1)NC(=O)c1cnccn1)N(CCCCCCNC)CCOC. The van der Waals surface area contributed by atoms with Gasteiger partial charge in [-0.2, -0.15) is 0 Å². The summed E-state index contributed by atoms with van der Waals surface area (Å²) < 4.78 is 5.54. The molecule has 1 aromatic carbocycles. The molecule has 10 nitrogen and oxygen atoms in total. The lowest BCUT2D eigenvalue weighted by molar-refractivity contribution is -0.123. The number of hydrogen-bond donors (Lipinski definition) is 3. The molecular weight excluding hydrogens is 553 g/mol. The molecule has 3 N–H and O–H groups in total. The Hall–Kier alpha value is -2.86. The third kappa shape index (κ3) is 13.8. The van der Waals surface area contributed by atoms with Crippen molar-refractivity contribution >= 4 is 18.8 Å². The third-order valence-electron chi connectivity index (χ3n) is 7.72. The summed E-state index contributed by atoms with van der Waals surface area (Å²) in [6.07, 6.45) is 11.2. The van der Waals surface area contributed by atoms with Crippen molar-refractivity contribution in [1.82, 2.24) is 35.5 Å². The van der Waals surface area contributed by atoms with E-state index in [1.54, 1.807) is 7.11 Å². The molecule has 11 heteroatoms. The van der Waals surface area contributed by atoms with E-state index in [9.17, 15) is 9.59 Å². The predicted molar refractivity (Wildman–Crippen MR) is 179 cm³/mol. The highest BCUT2D eigenvalue weighted by Crippen LogP contribution is 2.16. The Morgan fingerprint density at radius 2 is 1.75 bits per heavy atom. The van der Waals surface area contributed by atoms with Crippen LogP contribution in [-0.4, -0.2) is 104 Å². The summed E-state index contributed by atoms with van der Waals surface area (Å²) in [6.45, 7) is 10.8. The van der Waals surface area contributed by atoms with E-state index in [0.717, 1.165) is 57.4 Å². The third-order valence-corrected chi connectivity index (χ3v) is 7.72. The number of methoxy groups -OCH3 is 1. The molecule has 0 unspecified atom stereocenters. The summed E-state index contributed by atoms with van der Waals surface area (Å²) in [5.74, 6) is -0.433. The molecule has 0 saturated heterocycles. The maximum absolute atomic E-state index is 14.2. The van der Waals surface area contributed by atoms with Crippen LogP contribution >= 0.6 is 0 Å². The van der Waals surface area contributed by atoms with Gasteiger partial charge in [0, 0.05) is 38.4 Å². The molecule has 1 heterocycles. The van der Waals surface area contributed by atoms with Crippen molar-refractivity contribution in [1.29, 1.82) is 0 Å². The van der Waals surface area contributed by atoms with E-state index in [0.29, 0.717) is 18.9 Å². The van der Waals surface area contributed by atoms with Crippen molar-refractivity contribution in [2.24, 2.45) is 5.92 Å². The lowest BCUT2D eigenvalue weighted by atomic mass is 9.60. The van der Waals surface area contributed by atoms with Gasteiger partial charge in [-0.1, -0.05) is 63.9 Å². The number of nitrogens with one attached hydrogen (secondary N) is 3. The highest BCUT2D eigenvalue weighted by molar-refractivity contribution is 6.55. The van der Waals surface area contributed by atoms with E-state index in [1.165, 1.54) is 31.4 Å². The first-order chi connectivity index (χ1) is 21.3. The van der Waals surface area contributed by atoms with Crippen LogP contribution in [0.5, 0.6) is 0 Å². The van der Waals surface area contributed by atoms with Gasteiger partial charge in [-0.25, -0.2) is 4.98 Å². The van der Waals surface area contributed by atoms with Crippen LogP contribution in [0.15, 0.2) is 48.9 Å². The first kappa shape index (κ1) is 37.3. The maximum Gasteiger partial charge on any atom is 0.334 e. The van der Waals surface area contributed by atoms with E-state index in [-0.39, 0.29) is 24.5 Å². The molecule has 0 saturated carbocycles. The normalized spacial score (nSPS) is 12.8. The zero-order valence-electron chi connectivity index (χ0n) is 27.9. The van der Waals surface area contributed by atoms with Gasteiger partial charge >= 0.3 is 6.98 Å². The fraction of sp³-hybridized carbons (Fsp3) is 0.636. The number of nitrogens with zero attached hydrogens (tertiary/aromatic N) is 4. The van der Waals surface area contributed by atoms with E-state index >= 15 is 0 Å². The van der Waals surface area contributed by atoms with Gasteiger partial charge in [0.05, 0.1) is 12.8 Å². The van der Waals surface area contributed by atoms with Crippen LogP contribution in [0.2, 0.25) is 0 Å². The molecule has 1 aromatic heterocycles. The van der Waals surface area contributed by atoms with E-state index in [4.69, 9.17) is 4.74 Å². The Labute approximate surface area is 266 Å². The van der Waals surface area contributed by atoms with Crippen LogP contribution in [0.1, 0.15) is 75.3 Å². The fourth-order valence-electron chi connectivity index (χ4n) is 5.63. The van der Waals surface area contributed by atoms with Gasteiger partial charge in [0.25, 0.3) is 5.91 Å². The van der Waals surface area contributed by atoms with Crippen molar-refractivity contribution in [2.45, 2.75) is 77.7 Å². The number of hydrogen-bond acceptors (Lipinski definition) is 8. The van der Waals surface area contributed by atoms with E-state index < -0.39 is 11.9 Å². The summed E-state index contributed by atoms with van der Waals surface area (Å²) in [7, 11) is 5.88. The van der Waals surface area contributed by atoms with Gasteiger partial charge in [0.2, 0.25) is 5.91 Å². The number of unbranched alkanes of at least 4 members (excludes halogenated alkanes) is 3. The van der Waals surface area contributed by atoms with Crippen LogP contribution in [0.4, 0.5) is 0 Å². The second kappa shape index (κ2) is 21.8. The van der Waals surface area contributed by atoms with Gasteiger partial charge in [0.1, 0.15) is 11.7 Å². The molecule has 0 radical (unpaired) electrons. The summed E-state index contributed by atoms with van der Waals surface area (Å²) >= 11 is 0. The predicted octanol–water partition coefficient (Wildman–Crippen LogP) is 3.45. The lowest BCUT2D eigenvalue weighted by Gasteiger charge is -2.40. The number of benzene rings is 1. The summed E-state index contributed by atoms with van der Waals surface area (Å²) in [5, 5.41) is 9.60. The number of carbonyl (C=O) groups is 2. The molecule has 0 aliphatic heterocycles. The van der Waals surface area contributed by atoms with Crippen molar-refractivity contribution in [3.63, 3.8) is 0 Å². The number of rotatable bonds is 23. The number of aromatic nitrogens is 2. The molecule has 44 heavy (non-hydrogen) atoms. The number of carbonyl (C=O) groups excluding carboxylic acids is 2. The van der Waals surface area contributed by atoms with Crippen LogP contribution < -0.4 is 16.0 Å². The second-order valence-electron chi connectivity index (χ2n) is 12.0. The average Bonchev–Trinajstić information content (AvgIpc) is 3.01.